The highest BCUT2D eigenvalue weighted by Crippen LogP contribution is 2.56. The summed E-state index contributed by atoms with van der Waals surface area (Å²) < 4.78 is 50.7. The van der Waals surface area contributed by atoms with Gasteiger partial charge in [-0.2, -0.15) is 10.2 Å². The van der Waals surface area contributed by atoms with Crippen molar-refractivity contribution >= 4 is 27.7 Å². The number of amides is 1. The van der Waals surface area contributed by atoms with E-state index >= 15 is 13.6 Å². The van der Waals surface area contributed by atoms with Crippen LogP contribution >= 0.6 is 0 Å². The Balaban J connectivity index is 1.04. The topological polar surface area (TPSA) is 168 Å². The third kappa shape index (κ3) is 6.01. The summed E-state index contributed by atoms with van der Waals surface area (Å²) in [5, 5.41) is 18.3. The van der Waals surface area contributed by atoms with Crippen LogP contribution in [0.4, 0.5) is 8.78 Å². The van der Waals surface area contributed by atoms with Crippen molar-refractivity contribution in [3.8, 4) is 17.2 Å². The minimum Gasteiger partial charge on any atom is -0.376 e. The Morgan fingerprint density at radius 3 is 2.34 bits per heavy atom. The number of rotatable bonds is 7. The highest BCUT2D eigenvalue weighted by molar-refractivity contribution is 6.00. The molecule has 1 amide bonds. The molecule has 4 atom stereocenters. The second kappa shape index (κ2) is 14.5. The summed E-state index contributed by atoms with van der Waals surface area (Å²) >= 11 is 0. The second-order valence-corrected chi connectivity index (χ2v) is 20.3. The number of fused-ring (bicyclic) bond motifs is 4. The molecule has 18 heteroatoms. The van der Waals surface area contributed by atoms with Crippen molar-refractivity contribution in [1.82, 2.24) is 53.6 Å². The average Bonchev–Trinajstić information content (AvgIpc) is 3.93. The largest absolute Gasteiger partial charge is 0.438 e. The van der Waals surface area contributed by atoms with Gasteiger partial charge in [-0.05, 0) is 125 Å². The van der Waals surface area contributed by atoms with Crippen molar-refractivity contribution in [2.45, 2.75) is 89.3 Å². The molecular weight excluding hydrogens is 873 g/mol. The van der Waals surface area contributed by atoms with E-state index in [2.05, 4.69) is 59.5 Å². The number of H-pyrrole nitrogens is 1. The first-order valence-electron chi connectivity index (χ1n) is 23.2. The van der Waals surface area contributed by atoms with Gasteiger partial charge < -0.3 is 19.5 Å². The first kappa shape index (κ1) is 42.4. The van der Waals surface area contributed by atoms with E-state index in [1.807, 2.05) is 22.5 Å². The lowest BCUT2D eigenvalue weighted by atomic mass is 9.72. The third-order valence-corrected chi connectivity index (χ3v) is 15.5. The summed E-state index contributed by atoms with van der Waals surface area (Å²) in [7, 11) is 1.72. The van der Waals surface area contributed by atoms with Gasteiger partial charge in [0.2, 0.25) is 0 Å². The van der Waals surface area contributed by atoms with Gasteiger partial charge in [0.15, 0.2) is 11.6 Å². The summed E-state index contributed by atoms with van der Waals surface area (Å²) in [5.41, 5.74) is 3.29. The average molecular weight is 924 g/mol. The van der Waals surface area contributed by atoms with Gasteiger partial charge in [-0.25, -0.2) is 23.1 Å². The highest BCUT2D eigenvalue weighted by atomic mass is 19.1. The fourth-order valence-corrected chi connectivity index (χ4v) is 11.7. The molecule has 4 aliphatic rings. The Morgan fingerprint density at radius 1 is 0.926 bits per heavy atom. The van der Waals surface area contributed by atoms with Crippen molar-refractivity contribution in [1.29, 1.82) is 0 Å². The van der Waals surface area contributed by atoms with E-state index in [4.69, 9.17) is 14.4 Å². The molecule has 3 aliphatic heterocycles. The fourth-order valence-electron chi connectivity index (χ4n) is 11.7. The van der Waals surface area contributed by atoms with Gasteiger partial charge in [-0.3, -0.25) is 28.1 Å². The molecule has 16 nitrogen and oxygen atoms in total. The van der Waals surface area contributed by atoms with Crippen LogP contribution in [0.1, 0.15) is 103 Å². The number of halogens is 2. The molecule has 5 aromatic heterocycles. The summed E-state index contributed by atoms with van der Waals surface area (Å²) in [6.45, 7) is 13.5. The van der Waals surface area contributed by atoms with E-state index in [1.165, 1.54) is 21.5 Å². The number of imidazole rings is 1. The number of nitrogens with zero attached hydrogens (tertiary/aromatic N) is 9. The number of aryl methyl sites for hydroxylation is 3. The Kier molecular flexibility index (Phi) is 9.08. The molecule has 68 heavy (non-hydrogen) atoms. The number of carbonyl (C=O) groups is 1. The molecule has 8 aromatic rings. The number of aromatic nitrogens is 9. The molecule has 2 N–H and O–H groups in total. The van der Waals surface area contributed by atoms with Crippen LogP contribution in [0, 0.1) is 31.4 Å². The lowest BCUT2D eigenvalue weighted by Crippen LogP contribution is -2.65. The van der Waals surface area contributed by atoms with Gasteiger partial charge in [-0.1, -0.05) is 18.1 Å². The van der Waals surface area contributed by atoms with Gasteiger partial charge >= 0.3 is 11.4 Å². The highest BCUT2D eigenvalue weighted by Gasteiger charge is 2.60. The molecule has 1 aliphatic carbocycles. The Labute approximate surface area is 388 Å². The summed E-state index contributed by atoms with van der Waals surface area (Å²) in [4.78, 5) is 48.1. The molecule has 0 unspecified atom stereocenters. The Morgan fingerprint density at radius 2 is 1.66 bits per heavy atom. The Bertz CT molecular complexity index is 3520. The smallest absolute Gasteiger partial charge is 0.376 e. The predicted molar refractivity (Wildman–Crippen MR) is 248 cm³/mol. The minimum atomic E-state index is -0.875. The SMILES string of the molecule is Cc1cc(-n2nc3c(c2-n2ccn(-c4ccc5c(cnn5C)c4F)c2=O)[C@H](C)N(C(=O)c2cc4cc([C@H]5CCOC(C)(C)C5)ccc4n2[C@@]2(c4noc(=O)[nH]4)C[C@@H]2C)CC32CNC2)cc(C)c1F. The maximum absolute atomic E-state index is 16.3. The van der Waals surface area contributed by atoms with E-state index in [1.54, 1.807) is 60.7 Å². The third-order valence-electron chi connectivity index (χ3n) is 15.5. The van der Waals surface area contributed by atoms with Gasteiger partial charge in [-0.15, -0.1) is 0 Å². The van der Waals surface area contributed by atoms with Crippen molar-refractivity contribution in [2.24, 2.45) is 13.0 Å². The van der Waals surface area contributed by atoms with Crippen molar-refractivity contribution in [3.63, 3.8) is 0 Å². The molecular formula is C50H51F2N11O5. The number of hydrogen-bond acceptors (Lipinski definition) is 9. The Hall–Kier alpha value is -6.92. The summed E-state index contributed by atoms with van der Waals surface area (Å²) in [5.74, 6) is -0.935. The lowest BCUT2D eigenvalue weighted by molar-refractivity contribution is -0.0592. The number of nitrogens with one attached hydrogen (secondary N) is 2. The van der Waals surface area contributed by atoms with Crippen LogP contribution in [0.3, 0.4) is 0 Å². The van der Waals surface area contributed by atoms with Crippen molar-refractivity contribution in [3.05, 3.63) is 139 Å². The number of aromatic amines is 1. The van der Waals surface area contributed by atoms with Crippen LogP contribution in [0.5, 0.6) is 0 Å². The normalized spacial score (nSPS) is 22.8. The van der Waals surface area contributed by atoms with Crippen LogP contribution in [0.25, 0.3) is 39.0 Å². The molecule has 3 aromatic carbocycles. The fraction of sp³-hybridized carbons (Fsp3) is 0.400. The maximum atomic E-state index is 16.3. The number of ether oxygens (including phenoxy) is 1. The molecule has 8 heterocycles. The van der Waals surface area contributed by atoms with E-state index in [9.17, 15) is 9.59 Å². The molecule has 3 fully saturated rings. The van der Waals surface area contributed by atoms with E-state index in [0.29, 0.717) is 83.6 Å². The van der Waals surface area contributed by atoms with Gasteiger partial charge in [0, 0.05) is 62.1 Å². The molecule has 0 bridgehead atoms. The van der Waals surface area contributed by atoms with Crippen LogP contribution in [-0.2, 0) is 22.7 Å². The van der Waals surface area contributed by atoms with Crippen molar-refractivity contribution < 1.29 is 22.8 Å². The second-order valence-electron chi connectivity index (χ2n) is 20.3. The van der Waals surface area contributed by atoms with Gasteiger partial charge in [0.1, 0.15) is 22.9 Å². The predicted octanol–water partition coefficient (Wildman–Crippen LogP) is 6.74. The molecule has 2 saturated heterocycles. The molecule has 1 spiro atoms. The monoisotopic (exact) mass is 923 g/mol. The summed E-state index contributed by atoms with van der Waals surface area (Å²) in [6.07, 6.45) is 6.86. The maximum Gasteiger partial charge on any atom is 0.438 e. The molecule has 1 saturated carbocycles. The zero-order valence-corrected chi connectivity index (χ0v) is 38.9. The first-order valence-corrected chi connectivity index (χ1v) is 23.2. The lowest BCUT2D eigenvalue weighted by Gasteiger charge is -2.50. The van der Waals surface area contributed by atoms with Crippen LogP contribution in [0.15, 0.2) is 81.2 Å². The van der Waals surface area contributed by atoms with Gasteiger partial charge in [0.25, 0.3) is 5.91 Å². The van der Waals surface area contributed by atoms with E-state index in [0.717, 1.165) is 29.3 Å². The standard InChI is InChI=1S/C50H51F2N11O5/c1-26-16-33(17-27(2)40(26)51)63-43(60-14-13-59(47(60)66)37-11-10-36-34(41(37)52)22-54-58(36)7)39-29(4)61(25-49(23-53-24-49)42(39)56-63)44(64)38-19-32-18-30(31-12-15-67-48(5,6)21-31)8-9-35(32)62(38)50(20-28(50)3)45-55-46(65)68-57-45/h8-11,13-14,16-19,22,28-29,31,53H,12,15,20-21,23-25H2,1-7H3,(H,55,57,65)/t28-,29-,31-,50-/m0/s1. The first-order chi connectivity index (χ1) is 32.5. The number of carbonyl (C=O) groups excluding carboxylic acids is 1. The van der Waals surface area contributed by atoms with E-state index < -0.39 is 34.3 Å². The molecule has 0 radical (unpaired) electrons. The van der Waals surface area contributed by atoms with Crippen LogP contribution < -0.4 is 16.8 Å². The summed E-state index contributed by atoms with van der Waals surface area (Å²) in [6, 6.07) is 14.3. The van der Waals surface area contributed by atoms with Crippen LogP contribution in [-0.4, -0.2) is 86.1 Å². The number of hydrogen-bond donors (Lipinski definition) is 2. The van der Waals surface area contributed by atoms with Crippen molar-refractivity contribution in [2.75, 3.05) is 26.2 Å². The van der Waals surface area contributed by atoms with Gasteiger partial charge in [0.05, 0.1) is 51.2 Å². The minimum absolute atomic E-state index is 0.0130. The molecule has 350 valence electrons. The molecule has 12 rings (SSSR count). The van der Waals surface area contributed by atoms with E-state index in [-0.39, 0.29) is 40.2 Å². The zero-order valence-electron chi connectivity index (χ0n) is 38.9. The van der Waals surface area contributed by atoms with Crippen LogP contribution in [0.2, 0.25) is 0 Å². The zero-order chi connectivity index (χ0) is 47.3. The quantitative estimate of drug-likeness (QED) is 0.176. The number of benzene rings is 3.